The predicted octanol–water partition coefficient (Wildman–Crippen LogP) is 6.87. The fraction of sp³-hybridized carbons (Fsp3) is 0.348. The highest BCUT2D eigenvalue weighted by Crippen LogP contribution is 2.38. The van der Waals surface area contributed by atoms with Gasteiger partial charge in [-0.15, -0.1) is 10.2 Å². The highest BCUT2D eigenvalue weighted by Gasteiger charge is 2.41. The minimum Gasteiger partial charge on any atom is -0.471 e. The molecule has 17 heteroatoms. The van der Waals surface area contributed by atoms with Crippen LogP contribution in [0.25, 0.3) is 33.7 Å². The lowest BCUT2D eigenvalue weighted by Crippen LogP contribution is -2.46. The second-order valence-corrected chi connectivity index (χ2v) is 23.0. The van der Waals surface area contributed by atoms with E-state index >= 15 is 0 Å². The Morgan fingerprint density at radius 2 is 0.730 bits per heavy atom. The zero-order chi connectivity index (χ0) is 44.9. The minimum atomic E-state index is -2.81. The first-order valence-electron chi connectivity index (χ1n) is 21.9. The molecule has 0 unspecified atom stereocenters. The van der Waals surface area contributed by atoms with Gasteiger partial charge in [-0.3, -0.25) is 9.36 Å². The van der Waals surface area contributed by atoms with Crippen LogP contribution in [0.3, 0.4) is 0 Å². The zero-order valence-electron chi connectivity index (χ0n) is 38.2. The highest BCUT2D eigenvalue weighted by molar-refractivity contribution is 6.61. The Morgan fingerprint density at radius 3 is 1.02 bits per heavy atom. The number of rotatable bonds is 24. The van der Waals surface area contributed by atoms with Gasteiger partial charge in [-0.25, -0.2) is 0 Å². The third-order valence-corrected chi connectivity index (χ3v) is 15.9. The molecule has 0 aliphatic rings. The van der Waals surface area contributed by atoms with E-state index in [-0.39, 0.29) is 0 Å². The number of nitrogens with zero attached hydrogens (tertiary/aromatic N) is 6. The second-order valence-electron chi connectivity index (χ2n) is 14.2. The molecule has 0 amide bonds. The normalized spacial score (nSPS) is 12.3. The summed E-state index contributed by atoms with van der Waals surface area (Å²) in [4.78, 5) is 0. The average molecular weight is 925 g/mol. The van der Waals surface area contributed by atoms with Crippen molar-refractivity contribution in [3.05, 3.63) is 144 Å². The first-order valence-corrected chi connectivity index (χ1v) is 27.4. The van der Waals surface area contributed by atoms with Crippen molar-refractivity contribution in [2.75, 3.05) is 39.6 Å². The third-order valence-electron chi connectivity index (χ3n) is 9.87. The van der Waals surface area contributed by atoms with Crippen molar-refractivity contribution in [2.45, 2.75) is 66.7 Å². The van der Waals surface area contributed by atoms with Gasteiger partial charge < -0.3 is 30.7 Å². The molecule has 63 heavy (non-hydrogen) atoms. The van der Waals surface area contributed by atoms with E-state index in [4.69, 9.17) is 26.6 Å². The maximum Gasteiger partial charge on any atom is 0.502 e. The number of aryl methyl sites for hydroxylation is 2. The van der Waals surface area contributed by atoms with E-state index < -0.39 is 17.6 Å². The molecule has 0 aliphatic heterocycles. The molecule has 0 radical (unpaired) electrons. The van der Waals surface area contributed by atoms with E-state index in [0.717, 1.165) is 76.9 Å². The molecule has 2 aromatic heterocycles. The van der Waals surface area contributed by atoms with Crippen LogP contribution in [0.2, 0.25) is 12.1 Å². The Balaban J connectivity index is 0.00000242. The Hall–Kier alpha value is -4.51. The SMILES string of the molecule is CCO[Si](CCn1cc(-c2ccc(C(=C(c3ccccc3)c3ccc(-c4cn(CC[Si](OCC)(OCC)OCC)nn4)cc3)c3ccccc3)cc2)nn1)(OCC)OCC.[SiH3]O[SiH3]. The monoisotopic (exact) mass is 924 g/mol. The van der Waals surface area contributed by atoms with Crippen LogP contribution in [0.15, 0.2) is 122 Å². The van der Waals surface area contributed by atoms with Crippen LogP contribution in [0, 0.1) is 0 Å². The van der Waals surface area contributed by atoms with Gasteiger partial charge in [0.1, 0.15) is 32.4 Å². The van der Waals surface area contributed by atoms with Gasteiger partial charge in [0, 0.05) is 75.9 Å². The zero-order valence-corrected chi connectivity index (χ0v) is 44.2. The van der Waals surface area contributed by atoms with E-state index in [1.54, 1.807) is 0 Å². The van der Waals surface area contributed by atoms with E-state index in [0.29, 0.717) is 64.8 Å². The quantitative estimate of drug-likeness (QED) is 0.0467. The van der Waals surface area contributed by atoms with E-state index in [1.807, 2.05) is 75.4 Å². The highest BCUT2D eigenvalue weighted by atomic mass is 28.4. The molecular formula is C46H64N6O7Si4. The summed E-state index contributed by atoms with van der Waals surface area (Å²) >= 11 is 0. The van der Waals surface area contributed by atoms with Crippen molar-refractivity contribution >= 4 is 49.7 Å². The predicted molar refractivity (Wildman–Crippen MR) is 261 cm³/mol. The summed E-state index contributed by atoms with van der Waals surface area (Å²) in [5, 5.41) is 18.0. The molecule has 4 aromatic carbocycles. The number of aromatic nitrogens is 6. The molecule has 0 atom stereocenters. The average Bonchev–Trinajstić information content (AvgIpc) is 3.99. The second kappa shape index (κ2) is 25.7. The first kappa shape index (κ1) is 49.5. The molecule has 6 rings (SSSR count). The van der Waals surface area contributed by atoms with Gasteiger partial charge >= 0.3 is 17.6 Å². The lowest BCUT2D eigenvalue weighted by Gasteiger charge is -2.28. The maximum absolute atomic E-state index is 6.05. The van der Waals surface area contributed by atoms with E-state index in [9.17, 15) is 0 Å². The van der Waals surface area contributed by atoms with Crippen LogP contribution < -0.4 is 0 Å². The summed E-state index contributed by atoms with van der Waals surface area (Å²) in [6.45, 7) is 16.2. The van der Waals surface area contributed by atoms with E-state index in [1.165, 1.54) is 0 Å². The summed E-state index contributed by atoms with van der Waals surface area (Å²) in [5.74, 6) is 0. The van der Waals surface area contributed by atoms with Crippen LogP contribution >= 0.6 is 0 Å². The summed E-state index contributed by atoms with van der Waals surface area (Å²) in [5.41, 5.74) is 10.1. The van der Waals surface area contributed by atoms with Crippen LogP contribution in [0.1, 0.15) is 63.8 Å². The standard InChI is InChI=1S/C46H58N6O6Si2.H6OSi2/c1-7-53-59(54-8-2,55-9-3)33-31-51-35-43(47-49-51)37-23-27-41(28-24-37)45(39-19-15-13-16-20-39)46(40-21-17-14-18-22-40)42-29-25-38(26-30-42)44-36-52(50-48-44)32-34-60(56-10-4,57-11-5)58-12-6;2-1-3/h13-30,35-36H,7-12,31-34H2,1-6H3;2-3H3. The van der Waals surface area contributed by atoms with Gasteiger partial charge in [-0.2, -0.15) is 0 Å². The minimum absolute atomic E-state index is 0.533. The number of benzene rings is 4. The van der Waals surface area contributed by atoms with Crippen molar-refractivity contribution in [2.24, 2.45) is 0 Å². The molecule has 336 valence electrons. The molecule has 0 N–H and O–H groups in total. The number of hydrogen-bond donors (Lipinski definition) is 0. The number of hydrogen-bond acceptors (Lipinski definition) is 11. The van der Waals surface area contributed by atoms with Crippen LogP contribution in [0.4, 0.5) is 0 Å². The fourth-order valence-corrected chi connectivity index (χ4v) is 12.3. The Kier molecular flexibility index (Phi) is 20.2. The largest absolute Gasteiger partial charge is 0.502 e. The van der Waals surface area contributed by atoms with Crippen molar-refractivity contribution in [1.29, 1.82) is 0 Å². The molecule has 0 aliphatic carbocycles. The smallest absolute Gasteiger partial charge is 0.471 e. The molecule has 6 aromatic rings. The van der Waals surface area contributed by atoms with Crippen LogP contribution in [-0.2, 0) is 43.8 Å². The molecular weight excluding hydrogens is 861 g/mol. The molecule has 0 saturated heterocycles. The Morgan fingerprint density at radius 1 is 0.444 bits per heavy atom. The van der Waals surface area contributed by atoms with Crippen molar-refractivity contribution in [3.8, 4) is 22.5 Å². The first-order chi connectivity index (χ1) is 30.8. The topological polar surface area (TPSA) is 126 Å². The van der Waals surface area contributed by atoms with Gasteiger partial charge in [-0.1, -0.05) is 120 Å². The van der Waals surface area contributed by atoms with Gasteiger partial charge in [0.05, 0.1) is 12.4 Å². The fourth-order valence-electron chi connectivity index (χ4n) is 7.32. The van der Waals surface area contributed by atoms with Crippen molar-refractivity contribution < 1.29 is 30.7 Å². The van der Waals surface area contributed by atoms with Crippen LogP contribution in [0.5, 0.6) is 0 Å². The van der Waals surface area contributed by atoms with Gasteiger partial charge in [0.2, 0.25) is 0 Å². The molecule has 2 heterocycles. The summed E-state index contributed by atoms with van der Waals surface area (Å²) in [7, 11) is -3.77. The molecule has 0 saturated carbocycles. The van der Waals surface area contributed by atoms with Gasteiger partial charge in [-0.05, 0) is 74.9 Å². The van der Waals surface area contributed by atoms with E-state index in [2.05, 4.69) is 122 Å². The lowest BCUT2D eigenvalue weighted by atomic mass is 9.85. The van der Waals surface area contributed by atoms with Crippen molar-refractivity contribution in [3.63, 3.8) is 0 Å². The molecule has 0 fully saturated rings. The molecule has 0 bridgehead atoms. The Bertz CT molecular complexity index is 2050. The molecule has 13 nitrogen and oxygen atoms in total. The van der Waals surface area contributed by atoms with Crippen LogP contribution in [-0.4, -0.2) is 108 Å². The Labute approximate surface area is 381 Å². The maximum atomic E-state index is 6.05. The van der Waals surface area contributed by atoms with Gasteiger partial charge in [0.15, 0.2) is 0 Å². The summed E-state index contributed by atoms with van der Waals surface area (Å²) in [6.07, 6.45) is 3.94. The third kappa shape index (κ3) is 13.7. The van der Waals surface area contributed by atoms with Crippen molar-refractivity contribution in [1.82, 2.24) is 30.0 Å². The lowest BCUT2D eigenvalue weighted by molar-refractivity contribution is 0.0691. The molecule has 0 spiro atoms. The summed E-state index contributed by atoms with van der Waals surface area (Å²) < 4.78 is 44.5. The van der Waals surface area contributed by atoms with Gasteiger partial charge in [0.25, 0.3) is 0 Å². The summed E-state index contributed by atoms with van der Waals surface area (Å²) in [6, 6.07) is 39.5.